The monoisotopic (exact) mass is 182 g/mol. The molecule has 0 radical (unpaired) electrons. The Kier molecular flexibility index (Phi) is 1.97. The van der Waals surface area contributed by atoms with E-state index in [0.717, 1.165) is 6.42 Å². The first-order valence-corrected chi connectivity index (χ1v) is 5.36. The number of thiophene rings is 1. The van der Waals surface area contributed by atoms with Gasteiger partial charge in [-0.3, -0.25) is 0 Å². The lowest BCUT2D eigenvalue weighted by molar-refractivity contribution is 0.0373. The van der Waals surface area contributed by atoms with Crippen molar-refractivity contribution >= 4 is 11.3 Å². The van der Waals surface area contributed by atoms with Crippen LogP contribution in [0.2, 0.25) is 0 Å². The molecule has 1 aliphatic rings. The van der Waals surface area contributed by atoms with Crippen molar-refractivity contribution in [1.29, 1.82) is 0 Å². The molecular formula is C10H14OS. The highest BCUT2D eigenvalue weighted by Gasteiger charge is 2.39. The summed E-state index contributed by atoms with van der Waals surface area (Å²) >= 11 is 1.70. The summed E-state index contributed by atoms with van der Waals surface area (Å²) in [5.41, 5.74) is 0.818. The second-order valence-corrected chi connectivity index (χ2v) is 4.72. The molecule has 1 atom stereocenters. The van der Waals surface area contributed by atoms with Crippen LogP contribution in [0.25, 0.3) is 0 Å². The minimum absolute atomic E-state index is 0.457. The van der Waals surface area contributed by atoms with Crippen molar-refractivity contribution in [3.05, 3.63) is 22.4 Å². The molecule has 1 aliphatic carbocycles. The van der Waals surface area contributed by atoms with Crippen LogP contribution in [0.4, 0.5) is 0 Å². The summed E-state index contributed by atoms with van der Waals surface area (Å²) in [7, 11) is 0. The van der Waals surface area contributed by atoms with Gasteiger partial charge in [0, 0.05) is 6.42 Å². The third-order valence-electron chi connectivity index (χ3n) is 2.60. The fourth-order valence-electron chi connectivity index (χ4n) is 1.66. The Morgan fingerprint density at radius 3 is 2.92 bits per heavy atom. The lowest BCUT2D eigenvalue weighted by atomic mass is 9.93. The molecule has 0 spiro atoms. The standard InChI is InChI=1S/C10H14OS/c1-10(11,9-2-3-9)6-8-4-5-12-7-8/h4-5,7,9,11H,2-3,6H2,1H3. The predicted octanol–water partition coefficient (Wildman–Crippen LogP) is 2.45. The SMILES string of the molecule is CC(O)(Cc1ccsc1)C1CC1. The van der Waals surface area contributed by atoms with Crippen LogP contribution in [0.3, 0.4) is 0 Å². The summed E-state index contributed by atoms with van der Waals surface area (Å²) in [6.45, 7) is 1.96. The summed E-state index contributed by atoms with van der Waals surface area (Å²) in [6, 6.07) is 2.10. The molecule has 0 amide bonds. The molecule has 1 nitrogen and oxygen atoms in total. The van der Waals surface area contributed by atoms with Crippen molar-refractivity contribution < 1.29 is 5.11 Å². The van der Waals surface area contributed by atoms with Gasteiger partial charge in [0.2, 0.25) is 0 Å². The average Bonchev–Trinajstić information content (AvgIpc) is 2.74. The minimum atomic E-state index is -0.457. The molecule has 0 bridgehead atoms. The highest BCUT2D eigenvalue weighted by Crippen LogP contribution is 2.41. The summed E-state index contributed by atoms with van der Waals surface area (Å²) in [4.78, 5) is 0. The van der Waals surface area contributed by atoms with E-state index < -0.39 is 5.60 Å². The molecule has 0 saturated heterocycles. The molecule has 0 aliphatic heterocycles. The predicted molar refractivity (Wildman–Crippen MR) is 51.4 cm³/mol. The zero-order valence-electron chi connectivity index (χ0n) is 7.29. The Bertz CT molecular complexity index is 247. The van der Waals surface area contributed by atoms with Crippen molar-refractivity contribution in [2.24, 2.45) is 5.92 Å². The van der Waals surface area contributed by atoms with Crippen molar-refractivity contribution in [2.75, 3.05) is 0 Å². The maximum Gasteiger partial charge on any atom is 0.0688 e. The lowest BCUT2D eigenvalue weighted by Crippen LogP contribution is -2.29. The summed E-state index contributed by atoms with van der Waals surface area (Å²) in [5, 5.41) is 14.2. The van der Waals surface area contributed by atoms with Gasteiger partial charge in [0.05, 0.1) is 5.60 Å². The fraction of sp³-hybridized carbons (Fsp3) is 0.600. The Hall–Kier alpha value is -0.340. The van der Waals surface area contributed by atoms with Crippen LogP contribution in [0.1, 0.15) is 25.3 Å². The quantitative estimate of drug-likeness (QED) is 0.761. The summed E-state index contributed by atoms with van der Waals surface area (Å²) in [5.74, 6) is 0.553. The van der Waals surface area contributed by atoms with E-state index in [-0.39, 0.29) is 0 Å². The van der Waals surface area contributed by atoms with Gasteiger partial charge in [0.25, 0.3) is 0 Å². The van der Waals surface area contributed by atoms with E-state index in [4.69, 9.17) is 0 Å². The Labute approximate surface area is 77.0 Å². The van der Waals surface area contributed by atoms with Crippen LogP contribution < -0.4 is 0 Å². The number of hydrogen-bond acceptors (Lipinski definition) is 2. The Morgan fingerprint density at radius 1 is 1.67 bits per heavy atom. The van der Waals surface area contributed by atoms with Crippen LogP contribution in [0.15, 0.2) is 16.8 Å². The average molecular weight is 182 g/mol. The van der Waals surface area contributed by atoms with Crippen molar-refractivity contribution in [3.8, 4) is 0 Å². The molecule has 1 saturated carbocycles. The first kappa shape index (κ1) is 8.27. The second kappa shape index (κ2) is 2.86. The molecule has 1 aromatic rings. The van der Waals surface area contributed by atoms with Crippen LogP contribution in [0.5, 0.6) is 0 Å². The Balaban J connectivity index is 2.01. The molecule has 1 aromatic heterocycles. The second-order valence-electron chi connectivity index (χ2n) is 3.94. The third kappa shape index (κ3) is 1.70. The van der Waals surface area contributed by atoms with Crippen molar-refractivity contribution in [1.82, 2.24) is 0 Å². The van der Waals surface area contributed by atoms with Crippen LogP contribution in [-0.4, -0.2) is 10.7 Å². The van der Waals surface area contributed by atoms with Gasteiger partial charge in [0.1, 0.15) is 0 Å². The smallest absolute Gasteiger partial charge is 0.0688 e. The van der Waals surface area contributed by atoms with Crippen molar-refractivity contribution in [2.45, 2.75) is 31.8 Å². The first-order valence-electron chi connectivity index (χ1n) is 4.42. The largest absolute Gasteiger partial charge is 0.390 e. The van der Waals surface area contributed by atoms with E-state index in [2.05, 4.69) is 16.8 Å². The maximum absolute atomic E-state index is 10.0. The molecule has 0 aromatic carbocycles. The molecular weight excluding hydrogens is 168 g/mol. The topological polar surface area (TPSA) is 20.2 Å². The maximum atomic E-state index is 10.0. The van der Waals surface area contributed by atoms with Gasteiger partial charge in [-0.25, -0.2) is 0 Å². The summed E-state index contributed by atoms with van der Waals surface area (Å²) < 4.78 is 0. The van der Waals surface area contributed by atoms with Crippen LogP contribution in [-0.2, 0) is 6.42 Å². The van der Waals surface area contributed by atoms with E-state index >= 15 is 0 Å². The molecule has 1 N–H and O–H groups in total. The molecule has 66 valence electrons. The normalized spacial score (nSPS) is 22.2. The zero-order chi connectivity index (χ0) is 8.60. The van der Waals surface area contributed by atoms with E-state index in [1.165, 1.54) is 18.4 Å². The van der Waals surface area contributed by atoms with Crippen LogP contribution in [0, 0.1) is 5.92 Å². The van der Waals surface area contributed by atoms with Gasteiger partial charge in [-0.2, -0.15) is 11.3 Å². The molecule has 12 heavy (non-hydrogen) atoms. The third-order valence-corrected chi connectivity index (χ3v) is 3.33. The minimum Gasteiger partial charge on any atom is -0.390 e. The van der Waals surface area contributed by atoms with Gasteiger partial charge < -0.3 is 5.11 Å². The number of rotatable bonds is 3. The molecule has 1 fully saturated rings. The van der Waals surface area contributed by atoms with E-state index in [0.29, 0.717) is 5.92 Å². The van der Waals surface area contributed by atoms with E-state index in [1.807, 2.05) is 6.92 Å². The van der Waals surface area contributed by atoms with Crippen LogP contribution >= 0.6 is 11.3 Å². The van der Waals surface area contributed by atoms with Gasteiger partial charge in [-0.05, 0) is 48.1 Å². The molecule has 2 heteroatoms. The van der Waals surface area contributed by atoms with E-state index in [9.17, 15) is 5.11 Å². The lowest BCUT2D eigenvalue weighted by Gasteiger charge is -2.22. The number of hydrogen-bond donors (Lipinski definition) is 1. The van der Waals surface area contributed by atoms with Gasteiger partial charge in [-0.1, -0.05) is 0 Å². The van der Waals surface area contributed by atoms with Gasteiger partial charge >= 0.3 is 0 Å². The zero-order valence-corrected chi connectivity index (χ0v) is 8.10. The fourth-order valence-corrected chi connectivity index (χ4v) is 2.32. The molecule has 1 unspecified atom stereocenters. The first-order chi connectivity index (χ1) is 5.68. The van der Waals surface area contributed by atoms with Gasteiger partial charge in [0.15, 0.2) is 0 Å². The summed E-state index contributed by atoms with van der Waals surface area (Å²) in [6.07, 6.45) is 3.23. The highest BCUT2D eigenvalue weighted by atomic mass is 32.1. The molecule has 1 heterocycles. The van der Waals surface area contributed by atoms with E-state index in [1.54, 1.807) is 11.3 Å². The molecule has 2 rings (SSSR count). The van der Waals surface area contributed by atoms with Crippen molar-refractivity contribution in [3.63, 3.8) is 0 Å². The number of aliphatic hydroxyl groups is 1. The highest BCUT2D eigenvalue weighted by molar-refractivity contribution is 7.07. The van der Waals surface area contributed by atoms with Gasteiger partial charge in [-0.15, -0.1) is 0 Å². The Morgan fingerprint density at radius 2 is 2.42 bits per heavy atom.